The van der Waals surface area contributed by atoms with Gasteiger partial charge in [0.25, 0.3) is 5.91 Å². The lowest BCUT2D eigenvalue weighted by Gasteiger charge is -2.29. The molecule has 1 fully saturated rings. The molecule has 0 radical (unpaired) electrons. The van der Waals surface area contributed by atoms with Gasteiger partial charge in [0.05, 0.1) is 0 Å². The van der Waals surface area contributed by atoms with Crippen LogP contribution < -0.4 is 5.73 Å². The van der Waals surface area contributed by atoms with E-state index in [4.69, 9.17) is 5.73 Å². The first-order valence-electron chi connectivity index (χ1n) is 7.71. The van der Waals surface area contributed by atoms with Crippen LogP contribution in [0.1, 0.15) is 53.6 Å². The summed E-state index contributed by atoms with van der Waals surface area (Å²) in [6.07, 6.45) is 5.64. The minimum absolute atomic E-state index is 0.178. The average molecular weight is 274 g/mol. The summed E-state index contributed by atoms with van der Waals surface area (Å²) in [6, 6.07) is 6.52. The summed E-state index contributed by atoms with van der Waals surface area (Å²) < 4.78 is 0. The molecule has 3 heteroatoms. The van der Waals surface area contributed by atoms with Crippen molar-refractivity contribution in [3.8, 4) is 0 Å². The van der Waals surface area contributed by atoms with Crippen LogP contribution in [0.2, 0.25) is 0 Å². The number of amides is 1. The fraction of sp³-hybridized carbons (Fsp3) is 0.588. The Morgan fingerprint density at radius 2 is 1.80 bits per heavy atom. The van der Waals surface area contributed by atoms with Gasteiger partial charge in [-0.25, -0.2) is 0 Å². The highest BCUT2D eigenvalue weighted by molar-refractivity contribution is 5.94. The maximum atomic E-state index is 12.8. The predicted octanol–water partition coefficient (Wildman–Crippen LogP) is 3.04. The molecular formula is C17H26N2O. The lowest BCUT2D eigenvalue weighted by molar-refractivity contribution is 0.0680. The molecule has 3 nitrogen and oxygen atoms in total. The van der Waals surface area contributed by atoms with Crippen LogP contribution in [-0.4, -0.2) is 29.9 Å². The van der Waals surface area contributed by atoms with Gasteiger partial charge < -0.3 is 10.6 Å². The quantitative estimate of drug-likeness (QED) is 0.897. The molecule has 1 aliphatic rings. The molecule has 0 saturated heterocycles. The van der Waals surface area contributed by atoms with Crippen LogP contribution in [0.4, 0.5) is 0 Å². The van der Waals surface area contributed by atoms with Crippen molar-refractivity contribution >= 4 is 5.91 Å². The van der Waals surface area contributed by atoms with Crippen LogP contribution in [0.3, 0.4) is 0 Å². The fourth-order valence-corrected chi connectivity index (χ4v) is 3.19. The number of carbonyl (C=O) groups excluding carboxylic acids is 1. The van der Waals surface area contributed by atoms with E-state index in [-0.39, 0.29) is 5.91 Å². The van der Waals surface area contributed by atoms with Crippen molar-refractivity contribution in [1.29, 1.82) is 0 Å². The molecule has 2 N–H and O–H groups in total. The average Bonchev–Trinajstić information content (AvgIpc) is 2.91. The summed E-state index contributed by atoms with van der Waals surface area (Å²) in [6.45, 7) is 5.52. The smallest absolute Gasteiger partial charge is 0.254 e. The molecule has 2 rings (SSSR count). The van der Waals surface area contributed by atoms with E-state index in [1.54, 1.807) is 0 Å². The van der Waals surface area contributed by atoms with E-state index in [2.05, 4.69) is 11.0 Å². The van der Waals surface area contributed by atoms with Crippen molar-refractivity contribution in [2.75, 3.05) is 13.1 Å². The van der Waals surface area contributed by atoms with Gasteiger partial charge in [-0.3, -0.25) is 4.79 Å². The highest BCUT2D eigenvalue weighted by Crippen LogP contribution is 2.25. The number of nitrogens with two attached hydrogens (primary N) is 1. The van der Waals surface area contributed by atoms with E-state index in [1.165, 1.54) is 12.8 Å². The molecule has 1 aromatic carbocycles. The zero-order chi connectivity index (χ0) is 14.5. The van der Waals surface area contributed by atoms with Gasteiger partial charge in [0.2, 0.25) is 0 Å². The highest BCUT2D eigenvalue weighted by Gasteiger charge is 2.27. The SMILES string of the molecule is Cc1cc(C)cc(C(=O)N(CCCN)C2CCCC2)c1. The molecule has 0 bridgehead atoms. The van der Waals surface area contributed by atoms with Crippen molar-refractivity contribution in [2.45, 2.75) is 52.0 Å². The van der Waals surface area contributed by atoms with E-state index >= 15 is 0 Å². The number of nitrogens with zero attached hydrogens (tertiary/aromatic N) is 1. The van der Waals surface area contributed by atoms with Gasteiger partial charge in [-0.05, 0) is 51.8 Å². The molecule has 1 saturated carbocycles. The molecule has 1 aliphatic carbocycles. The molecule has 0 heterocycles. The van der Waals surface area contributed by atoms with E-state index in [0.717, 1.165) is 42.5 Å². The second-order valence-corrected chi connectivity index (χ2v) is 5.96. The van der Waals surface area contributed by atoms with Gasteiger partial charge >= 0.3 is 0 Å². The van der Waals surface area contributed by atoms with E-state index < -0.39 is 0 Å². The number of carbonyl (C=O) groups is 1. The van der Waals surface area contributed by atoms with Crippen LogP contribution in [-0.2, 0) is 0 Å². The number of rotatable bonds is 5. The summed E-state index contributed by atoms with van der Waals surface area (Å²) in [7, 11) is 0. The lowest BCUT2D eigenvalue weighted by Crippen LogP contribution is -2.40. The molecule has 1 aromatic rings. The van der Waals surface area contributed by atoms with Crippen molar-refractivity contribution in [2.24, 2.45) is 5.73 Å². The molecule has 0 atom stereocenters. The van der Waals surface area contributed by atoms with Gasteiger partial charge in [0, 0.05) is 18.2 Å². The third-order valence-electron chi connectivity index (χ3n) is 4.10. The topological polar surface area (TPSA) is 46.3 Å². The second kappa shape index (κ2) is 6.89. The summed E-state index contributed by atoms with van der Waals surface area (Å²) in [5.74, 6) is 0.178. The number of hydrogen-bond acceptors (Lipinski definition) is 2. The van der Waals surface area contributed by atoms with Crippen molar-refractivity contribution in [3.05, 3.63) is 34.9 Å². The fourth-order valence-electron chi connectivity index (χ4n) is 3.19. The Bertz CT molecular complexity index is 444. The molecule has 0 aromatic heterocycles. The minimum Gasteiger partial charge on any atom is -0.336 e. The number of benzene rings is 1. The third kappa shape index (κ3) is 3.60. The Morgan fingerprint density at radius 3 is 2.35 bits per heavy atom. The third-order valence-corrected chi connectivity index (χ3v) is 4.10. The number of hydrogen-bond donors (Lipinski definition) is 1. The zero-order valence-corrected chi connectivity index (χ0v) is 12.7. The Hall–Kier alpha value is -1.35. The normalized spacial score (nSPS) is 15.6. The van der Waals surface area contributed by atoms with Crippen LogP contribution >= 0.6 is 0 Å². The molecular weight excluding hydrogens is 248 g/mol. The molecule has 0 spiro atoms. The summed E-state index contributed by atoms with van der Waals surface area (Å²) in [4.78, 5) is 14.9. The first kappa shape index (κ1) is 15.0. The van der Waals surface area contributed by atoms with E-state index in [0.29, 0.717) is 12.6 Å². The van der Waals surface area contributed by atoms with E-state index in [9.17, 15) is 4.79 Å². The van der Waals surface area contributed by atoms with Crippen molar-refractivity contribution < 1.29 is 4.79 Å². The van der Waals surface area contributed by atoms with Crippen LogP contribution in [0.25, 0.3) is 0 Å². The van der Waals surface area contributed by atoms with Gasteiger partial charge in [-0.2, -0.15) is 0 Å². The van der Waals surface area contributed by atoms with Crippen LogP contribution in [0.5, 0.6) is 0 Å². The maximum absolute atomic E-state index is 12.8. The van der Waals surface area contributed by atoms with Crippen molar-refractivity contribution in [1.82, 2.24) is 4.90 Å². The summed E-state index contributed by atoms with van der Waals surface area (Å²) in [5, 5.41) is 0. The monoisotopic (exact) mass is 274 g/mol. The molecule has 0 aliphatic heterocycles. The lowest BCUT2D eigenvalue weighted by atomic mass is 10.0. The Morgan fingerprint density at radius 1 is 1.20 bits per heavy atom. The first-order valence-corrected chi connectivity index (χ1v) is 7.71. The van der Waals surface area contributed by atoms with Crippen LogP contribution in [0, 0.1) is 13.8 Å². The second-order valence-electron chi connectivity index (χ2n) is 5.96. The van der Waals surface area contributed by atoms with Gasteiger partial charge in [0.1, 0.15) is 0 Å². The molecule has 1 amide bonds. The molecule has 20 heavy (non-hydrogen) atoms. The van der Waals surface area contributed by atoms with E-state index in [1.807, 2.05) is 26.0 Å². The Kier molecular flexibility index (Phi) is 5.18. The molecule has 0 unspecified atom stereocenters. The van der Waals surface area contributed by atoms with Gasteiger partial charge in [-0.15, -0.1) is 0 Å². The van der Waals surface area contributed by atoms with Gasteiger partial charge in [-0.1, -0.05) is 30.0 Å². The summed E-state index contributed by atoms with van der Waals surface area (Å²) in [5.41, 5.74) is 8.75. The van der Waals surface area contributed by atoms with Gasteiger partial charge in [0.15, 0.2) is 0 Å². The largest absolute Gasteiger partial charge is 0.336 e. The molecule has 110 valence electrons. The Balaban J connectivity index is 2.19. The maximum Gasteiger partial charge on any atom is 0.254 e. The first-order chi connectivity index (χ1) is 9.61. The number of aryl methyl sites for hydroxylation is 2. The summed E-state index contributed by atoms with van der Waals surface area (Å²) >= 11 is 0. The van der Waals surface area contributed by atoms with Crippen LogP contribution in [0.15, 0.2) is 18.2 Å². The minimum atomic E-state index is 0.178. The highest BCUT2D eigenvalue weighted by atomic mass is 16.2. The predicted molar refractivity (Wildman–Crippen MR) is 82.9 cm³/mol. The standard InChI is InChI=1S/C17H26N2O/c1-13-10-14(2)12-15(11-13)17(20)19(9-5-8-18)16-6-3-4-7-16/h10-12,16H,3-9,18H2,1-2H3. The Labute approximate surface area is 122 Å². The van der Waals surface area contributed by atoms with Crippen molar-refractivity contribution in [3.63, 3.8) is 0 Å². The zero-order valence-electron chi connectivity index (χ0n) is 12.7.